The summed E-state index contributed by atoms with van der Waals surface area (Å²) in [5.41, 5.74) is 0.904. The highest BCUT2D eigenvalue weighted by Crippen LogP contribution is 2.11. The lowest BCUT2D eigenvalue weighted by Crippen LogP contribution is -2.48. The minimum atomic E-state index is -0.782. The molecule has 0 aromatic heterocycles. The molecule has 6 heteroatoms. The number of hydrogen-bond donors (Lipinski definition) is 3. The fourth-order valence-electron chi connectivity index (χ4n) is 1.81. The van der Waals surface area contributed by atoms with E-state index in [1.54, 1.807) is 0 Å². The van der Waals surface area contributed by atoms with Crippen molar-refractivity contribution in [3.63, 3.8) is 0 Å². The van der Waals surface area contributed by atoms with Crippen LogP contribution in [0, 0.1) is 0 Å². The summed E-state index contributed by atoms with van der Waals surface area (Å²) in [4.78, 5) is 22.6. The van der Waals surface area contributed by atoms with E-state index in [1.807, 2.05) is 30.3 Å². The third-order valence-corrected chi connectivity index (χ3v) is 2.82. The van der Waals surface area contributed by atoms with Gasteiger partial charge in [0.25, 0.3) is 0 Å². The second-order valence-corrected chi connectivity index (χ2v) is 4.33. The molecule has 0 spiro atoms. The third-order valence-electron chi connectivity index (χ3n) is 2.82. The van der Waals surface area contributed by atoms with Crippen molar-refractivity contribution in [1.82, 2.24) is 10.6 Å². The molecule has 0 fully saturated rings. The van der Waals surface area contributed by atoms with Crippen molar-refractivity contribution in [2.24, 2.45) is 0 Å². The maximum absolute atomic E-state index is 11.5. The predicted molar refractivity (Wildman–Crippen MR) is 73.9 cm³/mol. The van der Waals surface area contributed by atoms with Crippen LogP contribution in [0.3, 0.4) is 0 Å². The summed E-state index contributed by atoms with van der Waals surface area (Å²) in [5, 5.41) is 14.9. The number of carbonyl (C=O) groups is 2. The van der Waals surface area contributed by atoms with Crippen molar-refractivity contribution in [1.29, 1.82) is 0 Å². The molecule has 6 nitrogen and oxygen atoms in total. The molecule has 1 amide bonds. The molecule has 2 unspecified atom stereocenters. The summed E-state index contributed by atoms with van der Waals surface area (Å²) >= 11 is 0. The fraction of sp³-hybridized carbons (Fsp3) is 0.429. The number of aliphatic hydroxyl groups excluding tert-OH is 1. The molecule has 3 N–H and O–H groups in total. The van der Waals surface area contributed by atoms with Gasteiger partial charge in [-0.15, -0.1) is 0 Å². The quantitative estimate of drug-likeness (QED) is 0.611. The molecule has 0 aliphatic carbocycles. The van der Waals surface area contributed by atoms with Crippen LogP contribution in [0.5, 0.6) is 0 Å². The molecule has 2 atom stereocenters. The van der Waals surface area contributed by atoms with E-state index in [-0.39, 0.29) is 25.1 Å². The van der Waals surface area contributed by atoms with Crippen LogP contribution in [0.4, 0.5) is 0 Å². The number of esters is 1. The lowest BCUT2D eigenvalue weighted by atomic mass is 10.1. The summed E-state index contributed by atoms with van der Waals surface area (Å²) in [6, 6.07) is 8.27. The highest BCUT2D eigenvalue weighted by Gasteiger charge is 2.21. The van der Waals surface area contributed by atoms with Crippen molar-refractivity contribution < 1.29 is 19.4 Å². The lowest BCUT2D eigenvalue weighted by molar-refractivity contribution is -0.144. The predicted octanol–water partition coefficient (Wildman–Crippen LogP) is -0.0127. The average molecular weight is 280 g/mol. The Kier molecular flexibility index (Phi) is 6.69. The number of methoxy groups -OCH3 is 1. The van der Waals surface area contributed by atoms with Gasteiger partial charge in [0, 0.05) is 13.5 Å². The molecular formula is C14H20N2O4. The lowest BCUT2D eigenvalue weighted by Gasteiger charge is -2.21. The van der Waals surface area contributed by atoms with Gasteiger partial charge in [-0.1, -0.05) is 30.3 Å². The van der Waals surface area contributed by atoms with Crippen molar-refractivity contribution in [2.45, 2.75) is 19.0 Å². The number of aliphatic hydroxyl groups is 1. The van der Waals surface area contributed by atoms with Gasteiger partial charge in [-0.25, -0.2) is 4.79 Å². The molecule has 1 rings (SSSR count). The van der Waals surface area contributed by atoms with E-state index in [1.165, 1.54) is 14.0 Å². The summed E-state index contributed by atoms with van der Waals surface area (Å²) in [6.45, 7) is 1.39. The second kappa shape index (κ2) is 8.29. The Morgan fingerprint density at radius 3 is 2.45 bits per heavy atom. The zero-order valence-corrected chi connectivity index (χ0v) is 11.6. The van der Waals surface area contributed by atoms with Gasteiger partial charge in [-0.05, 0) is 5.56 Å². The molecule has 1 aromatic rings. The van der Waals surface area contributed by atoms with Crippen LogP contribution in [-0.2, 0) is 14.3 Å². The van der Waals surface area contributed by atoms with Crippen LogP contribution in [0.15, 0.2) is 30.3 Å². The third kappa shape index (κ3) is 4.99. The molecule has 0 saturated carbocycles. The van der Waals surface area contributed by atoms with E-state index < -0.39 is 12.0 Å². The fourth-order valence-corrected chi connectivity index (χ4v) is 1.81. The monoisotopic (exact) mass is 280 g/mol. The summed E-state index contributed by atoms with van der Waals surface area (Å²) in [5.74, 6) is -0.847. The summed E-state index contributed by atoms with van der Waals surface area (Å²) in [6.07, 6.45) is 0. The molecule has 0 saturated heterocycles. The van der Waals surface area contributed by atoms with Crippen LogP contribution in [0.25, 0.3) is 0 Å². The van der Waals surface area contributed by atoms with Crippen LogP contribution in [-0.4, -0.2) is 43.3 Å². The minimum absolute atomic E-state index is 0.113. The topological polar surface area (TPSA) is 87.7 Å². The van der Waals surface area contributed by atoms with Gasteiger partial charge >= 0.3 is 5.97 Å². The Morgan fingerprint density at radius 1 is 1.30 bits per heavy atom. The van der Waals surface area contributed by atoms with Crippen molar-refractivity contribution in [2.75, 3.05) is 20.3 Å². The molecule has 0 aliphatic rings. The first kappa shape index (κ1) is 16.1. The Bertz CT molecular complexity index is 436. The zero-order valence-electron chi connectivity index (χ0n) is 11.6. The smallest absolute Gasteiger partial charge is 0.329 e. The van der Waals surface area contributed by atoms with E-state index in [4.69, 9.17) is 0 Å². The highest BCUT2D eigenvalue weighted by atomic mass is 16.5. The molecule has 0 bridgehead atoms. The molecular weight excluding hydrogens is 260 g/mol. The van der Waals surface area contributed by atoms with Crippen LogP contribution >= 0.6 is 0 Å². The number of ether oxygens (including phenoxy) is 1. The standard InChI is InChI=1S/C14H20N2O4/c1-10(18)16-12(14(19)20-2)8-15-13(9-17)11-6-4-3-5-7-11/h3-7,12-13,15,17H,8-9H2,1-2H3,(H,16,18). The van der Waals surface area contributed by atoms with E-state index in [0.717, 1.165) is 5.56 Å². The number of benzene rings is 1. The van der Waals surface area contributed by atoms with E-state index >= 15 is 0 Å². The van der Waals surface area contributed by atoms with E-state index in [2.05, 4.69) is 15.4 Å². The van der Waals surface area contributed by atoms with Gasteiger partial charge in [0.2, 0.25) is 5.91 Å². The van der Waals surface area contributed by atoms with Gasteiger partial charge in [0.15, 0.2) is 0 Å². The van der Waals surface area contributed by atoms with Gasteiger partial charge in [0.1, 0.15) is 6.04 Å². The number of nitrogens with one attached hydrogen (secondary N) is 2. The van der Waals surface area contributed by atoms with Crippen LogP contribution < -0.4 is 10.6 Å². The first-order valence-corrected chi connectivity index (χ1v) is 6.32. The number of rotatable bonds is 7. The maximum Gasteiger partial charge on any atom is 0.329 e. The zero-order chi connectivity index (χ0) is 15.0. The molecule has 110 valence electrons. The van der Waals surface area contributed by atoms with Gasteiger partial charge in [0.05, 0.1) is 19.8 Å². The van der Waals surface area contributed by atoms with Crippen molar-refractivity contribution in [3.8, 4) is 0 Å². The Hall–Kier alpha value is -1.92. The molecule has 0 aliphatic heterocycles. The van der Waals surface area contributed by atoms with Gasteiger partial charge in [-0.2, -0.15) is 0 Å². The van der Waals surface area contributed by atoms with Crippen LogP contribution in [0.1, 0.15) is 18.5 Å². The molecule has 1 aromatic carbocycles. The first-order valence-electron chi connectivity index (χ1n) is 6.32. The number of amides is 1. The largest absolute Gasteiger partial charge is 0.467 e. The maximum atomic E-state index is 11.5. The summed E-state index contributed by atoms with van der Waals surface area (Å²) < 4.78 is 4.63. The Labute approximate surface area is 118 Å². The minimum Gasteiger partial charge on any atom is -0.467 e. The average Bonchev–Trinajstić information content (AvgIpc) is 2.46. The van der Waals surface area contributed by atoms with Crippen molar-refractivity contribution >= 4 is 11.9 Å². The van der Waals surface area contributed by atoms with Crippen LogP contribution in [0.2, 0.25) is 0 Å². The Morgan fingerprint density at radius 2 is 1.95 bits per heavy atom. The SMILES string of the molecule is COC(=O)C(CNC(CO)c1ccccc1)NC(C)=O. The number of hydrogen-bond acceptors (Lipinski definition) is 5. The van der Waals surface area contributed by atoms with Gasteiger partial charge in [-0.3, -0.25) is 4.79 Å². The highest BCUT2D eigenvalue weighted by molar-refractivity contribution is 5.83. The van der Waals surface area contributed by atoms with E-state index in [0.29, 0.717) is 0 Å². The first-order chi connectivity index (χ1) is 9.58. The van der Waals surface area contributed by atoms with Crippen molar-refractivity contribution in [3.05, 3.63) is 35.9 Å². The second-order valence-electron chi connectivity index (χ2n) is 4.33. The molecule has 20 heavy (non-hydrogen) atoms. The molecule has 0 heterocycles. The number of carbonyl (C=O) groups excluding carboxylic acids is 2. The summed E-state index contributed by atoms with van der Waals surface area (Å²) in [7, 11) is 1.26. The van der Waals surface area contributed by atoms with E-state index in [9.17, 15) is 14.7 Å². The molecule has 0 radical (unpaired) electrons. The van der Waals surface area contributed by atoms with Gasteiger partial charge < -0.3 is 20.5 Å². The Balaban J connectivity index is 2.65. The normalized spacial score (nSPS) is 13.3.